The van der Waals surface area contributed by atoms with Crippen molar-refractivity contribution in [1.82, 2.24) is 4.90 Å². The molecule has 1 aliphatic rings. The monoisotopic (exact) mass is 407 g/mol. The number of hydrogen-bond acceptors (Lipinski definition) is 4. The van der Waals surface area contributed by atoms with Crippen molar-refractivity contribution in [3.8, 4) is 5.75 Å². The molecule has 0 unspecified atom stereocenters. The van der Waals surface area contributed by atoms with Crippen molar-refractivity contribution in [3.63, 3.8) is 0 Å². The van der Waals surface area contributed by atoms with E-state index in [2.05, 4.69) is 0 Å². The molecule has 1 heterocycles. The second-order valence-electron chi connectivity index (χ2n) is 6.55. The smallest absolute Gasteiger partial charge is 0.258 e. The van der Waals surface area contributed by atoms with Gasteiger partial charge in [0.2, 0.25) is 0 Å². The molecule has 2 aromatic carbocycles. The van der Waals surface area contributed by atoms with Gasteiger partial charge in [-0.3, -0.25) is 4.79 Å². The van der Waals surface area contributed by atoms with Gasteiger partial charge >= 0.3 is 0 Å². The second-order valence-corrected chi connectivity index (χ2v) is 9.21. The Morgan fingerprint density at radius 3 is 2.52 bits per heavy atom. The molecule has 0 bridgehead atoms. The Morgan fingerprint density at radius 2 is 1.89 bits per heavy atom. The van der Waals surface area contributed by atoms with Crippen LogP contribution in [0.2, 0.25) is 5.02 Å². The zero-order valence-corrected chi connectivity index (χ0v) is 16.7. The third-order valence-electron chi connectivity index (χ3n) is 4.59. The van der Waals surface area contributed by atoms with E-state index in [1.807, 2.05) is 25.1 Å². The highest BCUT2D eigenvalue weighted by molar-refractivity contribution is 7.91. The van der Waals surface area contributed by atoms with E-state index in [9.17, 15) is 13.2 Å². The first-order valence-corrected chi connectivity index (χ1v) is 11.1. The molecule has 5 nitrogen and oxygen atoms in total. The van der Waals surface area contributed by atoms with Crippen LogP contribution in [-0.2, 0) is 16.4 Å². The second kappa shape index (κ2) is 8.31. The minimum Gasteiger partial charge on any atom is -0.493 e. The minimum absolute atomic E-state index is 0.0108. The average Bonchev–Trinajstić information content (AvgIpc) is 3.01. The Morgan fingerprint density at radius 1 is 1.19 bits per heavy atom. The predicted octanol–water partition coefficient (Wildman–Crippen LogP) is 3.57. The van der Waals surface area contributed by atoms with Gasteiger partial charge in [-0.1, -0.05) is 35.9 Å². The predicted molar refractivity (Wildman–Crippen MR) is 106 cm³/mol. The number of para-hydroxylation sites is 1. The van der Waals surface area contributed by atoms with Crippen molar-refractivity contribution in [2.45, 2.75) is 25.9 Å². The Labute approximate surface area is 164 Å². The molecule has 1 atom stereocenters. The fraction of sp³-hybridized carbons (Fsp3) is 0.350. The van der Waals surface area contributed by atoms with Gasteiger partial charge in [0.05, 0.1) is 23.7 Å². The normalized spacial score (nSPS) is 18.2. The first-order valence-electron chi connectivity index (χ1n) is 8.87. The van der Waals surface area contributed by atoms with Crippen molar-refractivity contribution in [2.75, 3.05) is 18.1 Å². The Kier molecular flexibility index (Phi) is 6.07. The third kappa shape index (κ3) is 4.82. The van der Waals surface area contributed by atoms with E-state index >= 15 is 0 Å². The molecule has 1 fully saturated rings. The van der Waals surface area contributed by atoms with Crippen LogP contribution in [0.5, 0.6) is 5.75 Å². The van der Waals surface area contributed by atoms with Gasteiger partial charge in [0, 0.05) is 17.6 Å². The number of amides is 1. The van der Waals surface area contributed by atoms with Crippen molar-refractivity contribution >= 4 is 27.3 Å². The van der Waals surface area contributed by atoms with Crippen LogP contribution >= 0.6 is 11.6 Å². The highest BCUT2D eigenvalue weighted by atomic mass is 35.5. The topological polar surface area (TPSA) is 63.7 Å². The van der Waals surface area contributed by atoms with E-state index in [1.165, 1.54) is 0 Å². The van der Waals surface area contributed by atoms with Crippen LogP contribution in [0.15, 0.2) is 48.5 Å². The van der Waals surface area contributed by atoms with E-state index in [1.54, 1.807) is 35.2 Å². The molecule has 0 saturated carbocycles. The van der Waals surface area contributed by atoms with E-state index in [4.69, 9.17) is 16.3 Å². The summed E-state index contributed by atoms with van der Waals surface area (Å²) in [5.41, 5.74) is 1.34. The summed E-state index contributed by atoms with van der Waals surface area (Å²) in [5.74, 6) is 0.376. The summed E-state index contributed by atoms with van der Waals surface area (Å²) in [7, 11) is -3.12. The summed E-state index contributed by atoms with van der Waals surface area (Å²) in [6, 6.07) is 13.9. The molecule has 0 spiro atoms. The molecule has 0 radical (unpaired) electrons. The van der Waals surface area contributed by atoms with Gasteiger partial charge in [-0.2, -0.15) is 0 Å². The number of rotatable bonds is 6. The lowest BCUT2D eigenvalue weighted by Crippen LogP contribution is -2.40. The SMILES string of the molecule is CCOc1ccccc1C(=O)N(Cc1ccc(Cl)cc1)[C@@H]1CCS(=O)(=O)C1. The molecule has 1 saturated heterocycles. The van der Waals surface area contributed by atoms with Crippen LogP contribution in [0, 0.1) is 0 Å². The summed E-state index contributed by atoms with van der Waals surface area (Å²) in [6.07, 6.45) is 0.443. The van der Waals surface area contributed by atoms with E-state index in [-0.39, 0.29) is 23.5 Å². The number of ether oxygens (including phenoxy) is 1. The summed E-state index contributed by atoms with van der Waals surface area (Å²) < 4.78 is 29.6. The van der Waals surface area contributed by atoms with Crippen LogP contribution in [-0.4, -0.2) is 43.4 Å². The number of carbonyl (C=O) groups is 1. The van der Waals surface area contributed by atoms with Gasteiger partial charge in [0.15, 0.2) is 9.84 Å². The molecule has 7 heteroatoms. The molecule has 1 amide bonds. The van der Waals surface area contributed by atoms with Gasteiger partial charge in [-0.05, 0) is 43.2 Å². The number of sulfone groups is 1. The van der Waals surface area contributed by atoms with Gasteiger partial charge in [0.1, 0.15) is 5.75 Å². The first kappa shape index (κ1) is 19.7. The first-order chi connectivity index (χ1) is 12.9. The van der Waals surface area contributed by atoms with E-state index in [0.717, 1.165) is 5.56 Å². The van der Waals surface area contributed by atoms with Gasteiger partial charge in [-0.25, -0.2) is 8.42 Å². The zero-order valence-electron chi connectivity index (χ0n) is 15.1. The van der Waals surface area contributed by atoms with Crippen molar-refractivity contribution in [1.29, 1.82) is 0 Å². The molecule has 27 heavy (non-hydrogen) atoms. The number of halogens is 1. The van der Waals surface area contributed by atoms with Crippen molar-refractivity contribution in [3.05, 3.63) is 64.7 Å². The molecule has 3 rings (SSSR count). The summed E-state index contributed by atoms with van der Waals surface area (Å²) in [4.78, 5) is 15.0. The molecule has 0 aliphatic carbocycles. The maximum atomic E-state index is 13.3. The van der Waals surface area contributed by atoms with Crippen LogP contribution in [0.4, 0.5) is 0 Å². The standard InChI is InChI=1S/C20H22ClNO4S/c1-2-26-19-6-4-3-5-18(19)20(23)22(17-11-12-27(24,25)14-17)13-15-7-9-16(21)10-8-15/h3-10,17H,2,11-14H2,1H3/t17-/m1/s1. The van der Waals surface area contributed by atoms with Gasteiger partial charge in [0.25, 0.3) is 5.91 Å². The lowest BCUT2D eigenvalue weighted by Gasteiger charge is -2.29. The summed E-state index contributed by atoms with van der Waals surface area (Å²) in [5, 5.41) is 0.613. The molecule has 1 aliphatic heterocycles. The fourth-order valence-electron chi connectivity index (χ4n) is 3.25. The number of benzene rings is 2. The van der Waals surface area contributed by atoms with Crippen LogP contribution in [0.1, 0.15) is 29.3 Å². The zero-order chi connectivity index (χ0) is 19.4. The molecular formula is C20H22ClNO4S. The maximum absolute atomic E-state index is 13.3. The average molecular weight is 408 g/mol. The third-order valence-corrected chi connectivity index (χ3v) is 6.60. The highest BCUT2D eigenvalue weighted by Crippen LogP contribution is 2.26. The molecule has 2 aromatic rings. The lowest BCUT2D eigenvalue weighted by molar-refractivity contribution is 0.0676. The van der Waals surface area contributed by atoms with Gasteiger partial charge in [-0.15, -0.1) is 0 Å². The van der Waals surface area contributed by atoms with Crippen LogP contribution in [0.25, 0.3) is 0 Å². The minimum atomic E-state index is -3.12. The van der Waals surface area contributed by atoms with Crippen LogP contribution < -0.4 is 4.74 Å². The largest absolute Gasteiger partial charge is 0.493 e. The molecular weight excluding hydrogens is 386 g/mol. The summed E-state index contributed by atoms with van der Waals surface area (Å²) in [6.45, 7) is 2.62. The van der Waals surface area contributed by atoms with E-state index < -0.39 is 9.84 Å². The Balaban J connectivity index is 1.94. The van der Waals surface area contributed by atoms with Gasteiger partial charge < -0.3 is 9.64 Å². The summed E-state index contributed by atoms with van der Waals surface area (Å²) >= 11 is 5.95. The quantitative estimate of drug-likeness (QED) is 0.734. The molecule has 0 N–H and O–H groups in total. The van der Waals surface area contributed by atoms with Crippen LogP contribution in [0.3, 0.4) is 0 Å². The Hall–Kier alpha value is -2.05. The number of nitrogens with zero attached hydrogens (tertiary/aromatic N) is 1. The highest BCUT2D eigenvalue weighted by Gasteiger charge is 2.35. The number of carbonyl (C=O) groups excluding carboxylic acids is 1. The van der Waals surface area contributed by atoms with E-state index in [0.29, 0.717) is 35.9 Å². The lowest BCUT2D eigenvalue weighted by atomic mass is 10.1. The Bertz CT molecular complexity index is 912. The number of hydrogen-bond donors (Lipinski definition) is 0. The molecule has 144 valence electrons. The van der Waals surface area contributed by atoms with Crippen molar-refractivity contribution < 1.29 is 17.9 Å². The van der Waals surface area contributed by atoms with Crippen molar-refractivity contribution in [2.24, 2.45) is 0 Å². The molecule has 0 aromatic heterocycles. The fourth-order valence-corrected chi connectivity index (χ4v) is 5.11. The maximum Gasteiger partial charge on any atom is 0.258 e.